The summed E-state index contributed by atoms with van der Waals surface area (Å²) in [7, 11) is 0. The Labute approximate surface area is 192 Å². The largest absolute Gasteiger partial charge is 0.472 e. The maximum absolute atomic E-state index is 13.8. The first-order valence-corrected chi connectivity index (χ1v) is 11.4. The molecule has 0 unspecified atom stereocenters. The number of rotatable bonds is 5. The summed E-state index contributed by atoms with van der Waals surface area (Å²) in [5, 5.41) is 11.9. The summed E-state index contributed by atoms with van der Waals surface area (Å²) in [6.07, 6.45) is 2.86. The zero-order valence-electron chi connectivity index (χ0n) is 19.2. The van der Waals surface area contributed by atoms with Gasteiger partial charge in [0.05, 0.1) is 25.1 Å². The summed E-state index contributed by atoms with van der Waals surface area (Å²) in [5.74, 6) is -3.28. The molecule has 2 saturated carbocycles. The Morgan fingerprint density at radius 1 is 1.27 bits per heavy atom. The zero-order valence-corrected chi connectivity index (χ0v) is 19.2. The van der Waals surface area contributed by atoms with Gasteiger partial charge in [-0.05, 0) is 36.2 Å². The van der Waals surface area contributed by atoms with Crippen molar-refractivity contribution < 1.29 is 38.2 Å². The number of cyclic esters (lactones) is 1. The van der Waals surface area contributed by atoms with E-state index in [9.17, 15) is 24.3 Å². The van der Waals surface area contributed by atoms with Gasteiger partial charge in [0.2, 0.25) is 5.91 Å². The second-order valence-electron chi connectivity index (χ2n) is 10.0. The van der Waals surface area contributed by atoms with Crippen molar-refractivity contribution >= 4 is 23.6 Å². The number of esters is 2. The lowest BCUT2D eigenvalue weighted by Gasteiger charge is -2.61. The van der Waals surface area contributed by atoms with Crippen LogP contribution < -0.4 is 5.32 Å². The predicted molar refractivity (Wildman–Crippen MR) is 113 cm³/mol. The number of hydrogen-bond acceptors (Lipinski definition) is 8. The standard InChI is InChI=1S/C24H31NO8/c1-13(27)32-17-10-16(21(29)25-7-8-26)23(2)6-4-15-22(30)33-18(14-5-9-31-12-14)11-24(15,3)20(23)19(17)28/h5,9,12,15-18,20,26H,4,6-8,10-11H2,1-3H3,(H,25,29)/t15-,16-,17-,18-,20-,23-,24-/m0/s1. The Morgan fingerprint density at radius 2 is 2.03 bits per heavy atom. The van der Waals surface area contributed by atoms with Crippen LogP contribution in [-0.4, -0.2) is 48.0 Å². The summed E-state index contributed by atoms with van der Waals surface area (Å²) in [6, 6.07) is 1.74. The third kappa shape index (κ3) is 3.86. The highest BCUT2D eigenvalue weighted by Crippen LogP contribution is 2.65. The molecule has 1 aromatic heterocycles. The van der Waals surface area contributed by atoms with E-state index in [0.29, 0.717) is 24.8 Å². The molecule has 4 rings (SSSR count). The third-order valence-electron chi connectivity index (χ3n) is 8.05. The van der Waals surface area contributed by atoms with Crippen LogP contribution in [0.1, 0.15) is 58.1 Å². The van der Waals surface area contributed by atoms with E-state index in [4.69, 9.17) is 13.9 Å². The van der Waals surface area contributed by atoms with Gasteiger partial charge in [-0.3, -0.25) is 19.2 Å². The third-order valence-corrected chi connectivity index (χ3v) is 8.05. The fourth-order valence-corrected chi connectivity index (χ4v) is 6.66. The van der Waals surface area contributed by atoms with Gasteiger partial charge in [0, 0.05) is 37.3 Å². The smallest absolute Gasteiger partial charge is 0.310 e. The lowest BCUT2D eigenvalue weighted by Crippen LogP contribution is -2.65. The minimum atomic E-state index is -1.06. The van der Waals surface area contributed by atoms with Crippen LogP contribution in [0.4, 0.5) is 0 Å². The summed E-state index contributed by atoms with van der Waals surface area (Å²) in [6.45, 7) is 4.97. The molecule has 33 heavy (non-hydrogen) atoms. The van der Waals surface area contributed by atoms with Gasteiger partial charge in [-0.25, -0.2) is 0 Å². The SMILES string of the molecule is CC(=O)O[C@H]1C[C@@H](C(=O)NCCO)[C@]2(C)CC[C@H]3C(=O)O[C@H](c4ccoc4)C[C@]3(C)[C@H]2C1=O. The molecule has 9 heteroatoms. The van der Waals surface area contributed by atoms with Crippen LogP contribution in [0.3, 0.4) is 0 Å². The van der Waals surface area contributed by atoms with Crippen molar-refractivity contribution in [1.29, 1.82) is 0 Å². The molecule has 0 aromatic carbocycles. The average molecular weight is 462 g/mol. The quantitative estimate of drug-likeness (QED) is 0.636. The van der Waals surface area contributed by atoms with Crippen molar-refractivity contribution in [3.05, 3.63) is 24.2 Å². The highest BCUT2D eigenvalue weighted by Gasteiger charge is 2.67. The van der Waals surface area contributed by atoms with Crippen molar-refractivity contribution in [3.8, 4) is 0 Å². The van der Waals surface area contributed by atoms with Gasteiger partial charge >= 0.3 is 11.9 Å². The number of Topliss-reactive ketones (excluding diaryl/α,β-unsaturated/α-hetero) is 1. The number of furan rings is 1. The number of aliphatic hydroxyl groups excluding tert-OH is 1. The predicted octanol–water partition coefficient (Wildman–Crippen LogP) is 1.94. The molecule has 2 N–H and O–H groups in total. The number of amides is 1. The molecule has 1 aliphatic heterocycles. The molecule has 2 aliphatic carbocycles. The maximum Gasteiger partial charge on any atom is 0.310 e. The van der Waals surface area contributed by atoms with Crippen molar-refractivity contribution in [3.63, 3.8) is 0 Å². The molecule has 1 aromatic rings. The lowest BCUT2D eigenvalue weighted by molar-refractivity contribution is -0.207. The van der Waals surface area contributed by atoms with Crippen molar-refractivity contribution in [2.45, 2.75) is 58.7 Å². The molecule has 1 saturated heterocycles. The fourth-order valence-electron chi connectivity index (χ4n) is 6.66. The first-order valence-electron chi connectivity index (χ1n) is 11.4. The van der Waals surface area contributed by atoms with Gasteiger partial charge in [0.1, 0.15) is 6.10 Å². The first kappa shape index (κ1) is 23.5. The van der Waals surface area contributed by atoms with Crippen LogP contribution in [-0.2, 0) is 28.7 Å². The number of nitrogens with one attached hydrogen (secondary N) is 1. The van der Waals surface area contributed by atoms with E-state index >= 15 is 0 Å². The summed E-state index contributed by atoms with van der Waals surface area (Å²) < 4.78 is 16.3. The topological polar surface area (TPSA) is 132 Å². The number of fused-ring (bicyclic) bond motifs is 3. The molecule has 9 nitrogen and oxygen atoms in total. The average Bonchev–Trinajstić information content (AvgIpc) is 3.27. The van der Waals surface area contributed by atoms with E-state index in [1.165, 1.54) is 19.5 Å². The van der Waals surface area contributed by atoms with E-state index in [0.717, 1.165) is 0 Å². The van der Waals surface area contributed by atoms with Crippen molar-refractivity contribution in [2.75, 3.05) is 13.2 Å². The summed E-state index contributed by atoms with van der Waals surface area (Å²) >= 11 is 0. The van der Waals surface area contributed by atoms with E-state index in [1.54, 1.807) is 6.07 Å². The van der Waals surface area contributed by atoms with Gasteiger partial charge in [-0.1, -0.05) is 13.8 Å². The van der Waals surface area contributed by atoms with Crippen LogP contribution >= 0.6 is 0 Å². The number of ketones is 1. The van der Waals surface area contributed by atoms with Gasteiger partial charge in [0.15, 0.2) is 11.9 Å². The van der Waals surface area contributed by atoms with Crippen LogP contribution in [0, 0.1) is 28.6 Å². The molecular formula is C24H31NO8. The normalized spacial score (nSPS) is 38.0. The highest BCUT2D eigenvalue weighted by atomic mass is 16.6. The molecule has 2 heterocycles. The minimum absolute atomic E-state index is 0.0824. The number of hydrogen-bond donors (Lipinski definition) is 2. The minimum Gasteiger partial charge on any atom is -0.472 e. The number of carbonyl (C=O) groups is 4. The van der Waals surface area contributed by atoms with Crippen LogP contribution in [0.5, 0.6) is 0 Å². The van der Waals surface area contributed by atoms with Crippen LogP contribution in [0.2, 0.25) is 0 Å². The van der Waals surface area contributed by atoms with E-state index < -0.39 is 46.8 Å². The van der Waals surface area contributed by atoms with Crippen molar-refractivity contribution in [1.82, 2.24) is 5.32 Å². The fraction of sp³-hybridized carbons (Fsp3) is 0.667. The molecule has 0 spiro atoms. The highest BCUT2D eigenvalue weighted by molar-refractivity contribution is 5.93. The Balaban J connectivity index is 1.76. The van der Waals surface area contributed by atoms with E-state index in [2.05, 4.69) is 5.32 Å². The Kier molecular flexibility index (Phi) is 6.11. The molecular weight excluding hydrogens is 430 g/mol. The monoisotopic (exact) mass is 461 g/mol. The lowest BCUT2D eigenvalue weighted by atomic mass is 9.43. The Morgan fingerprint density at radius 3 is 2.67 bits per heavy atom. The number of aliphatic hydroxyl groups is 1. The Hall–Kier alpha value is -2.68. The second kappa shape index (κ2) is 8.59. The number of ether oxygens (including phenoxy) is 2. The second-order valence-corrected chi connectivity index (χ2v) is 10.0. The van der Waals surface area contributed by atoms with Gasteiger partial charge in [-0.2, -0.15) is 0 Å². The van der Waals surface area contributed by atoms with Crippen LogP contribution in [0.15, 0.2) is 23.0 Å². The number of carbonyl (C=O) groups excluding carboxylic acids is 4. The molecule has 1 amide bonds. The molecule has 180 valence electrons. The Bertz CT molecular complexity index is 942. The summed E-state index contributed by atoms with van der Waals surface area (Å²) in [4.78, 5) is 51.8. The van der Waals surface area contributed by atoms with Gasteiger partial charge in [-0.15, -0.1) is 0 Å². The van der Waals surface area contributed by atoms with E-state index in [-0.39, 0.29) is 37.2 Å². The molecule has 3 aliphatic rings. The van der Waals surface area contributed by atoms with E-state index in [1.807, 2.05) is 13.8 Å². The first-order chi connectivity index (χ1) is 15.6. The van der Waals surface area contributed by atoms with Gasteiger partial charge < -0.3 is 24.3 Å². The van der Waals surface area contributed by atoms with Gasteiger partial charge in [0.25, 0.3) is 0 Å². The molecule has 0 bridgehead atoms. The molecule has 7 atom stereocenters. The van der Waals surface area contributed by atoms with Crippen LogP contribution in [0.25, 0.3) is 0 Å². The molecule has 0 radical (unpaired) electrons. The van der Waals surface area contributed by atoms with Crippen molar-refractivity contribution in [2.24, 2.45) is 28.6 Å². The maximum atomic E-state index is 13.8. The zero-order chi connectivity index (χ0) is 24.0. The summed E-state index contributed by atoms with van der Waals surface area (Å²) in [5.41, 5.74) is -0.820. The molecule has 3 fully saturated rings.